The van der Waals surface area contributed by atoms with E-state index >= 15 is 0 Å². The van der Waals surface area contributed by atoms with Gasteiger partial charge in [-0.2, -0.15) is 5.10 Å². The first-order chi connectivity index (χ1) is 9.70. The van der Waals surface area contributed by atoms with Crippen molar-refractivity contribution in [2.24, 2.45) is 5.10 Å². The number of nitrogens with one attached hydrogen (secondary N) is 1. The number of hydrogen-bond acceptors (Lipinski definition) is 3. The van der Waals surface area contributed by atoms with Gasteiger partial charge in [0, 0.05) is 0 Å². The van der Waals surface area contributed by atoms with E-state index in [0.717, 1.165) is 5.56 Å². The molecule has 0 radical (unpaired) electrons. The fourth-order valence-electron chi connectivity index (χ4n) is 1.57. The maximum atomic E-state index is 12.0. The van der Waals surface area contributed by atoms with E-state index in [0.29, 0.717) is 16.3 Å². The van der Waals surface area contributed by atoms with Gasteiger partial charge in [0.1, 0.15) is 5.75 Å². The molecule has 0 aliphatic rings. The summed E-state index contributed by atoms with van der Waals surface area (Å²) < 4.78 is 5.06. The third-order valence-corrected chi connectivity index (χ3v) is 2.93. The second kappa shape index (κ2) is 6.73. The summed E-state index contributed by atoms with van der Waals surface area (Å²) in [5.41, 5.74) is 3.64. The molecule has 0 aliphatic heterocycles. The van der Waals surface area contributed by atoms with Crippen molar-refractivity contribution in [3.8, 4) is 5.75 Å². The van der Waals surface area contributed by atoms with Gasteiger partial charge in [0.15, 0.2) is 0 Å². The summed E-state index contributed by atoms with van der Waals surface area (Å²) in [4.78, 5) is 12.0. The van der Waals surface area contributed by atoms with E-state index in [1.807, 2.05) is 30.3 Å². The molecule has 0 aromatic heterocycles. The van der Waals surface area contributed by atoms with Crippen molar-refractivity contribution >= 4 is 23.7 Å². The summed E-state index contributed by atoms with van der Waals surface area (Å²) in [6.45, 7) is 0. The Morgan fingerprint density at radius 3 is 2.70 bits per heavy atom. The SMILES string of the molecule is COc1ccc(Cl)c(C(=O)N/N=C/c2ccccc2)c1. The molecule has 4 nitrogen and oxygen atoms in total. The first-order valence-corrected chi connectivity index (χ1v) is 6.30. The number of rotatable bonds is 4. The smallest absolute Gasteiger partial charge is 0.273 e. The van der Waals surface area contributed by atoms with Gasteiger partial charge >= 0.3 is 0 Å². The zero-order valence-electron chi connectivity index (χ0n) is 10.8. The van der Waals surface area contributed by atoms with Crippen LogP contribution >= 0.6 is 11.6 Å². The molecular formula is C15H13ClN2O2. The van der Waals surface area contributed by atoms with Crippen LogP contribution < -0.4 is 10.2 Å². The third kappa shape index (κ3) is 3.59. The van der Waals surface area contributed by atoms with E-state index < -0.39 is 0 Å². The minimum atomic E-state index is -0.388. The topological polar surface area (TPSA) is 50.7 Å². The molecule has 0 heterocycles. The normalized spacial score (nSPS) is 10.5. The standard InChI is InChI=1S/C15H13ClN2O2/c1-20-12-7-8-14(16)13(9-12)15(19)18-17-10-11-5-3-2-4-6-11/h2-10H,1H3,(H,18,19)/b17-10+. The number of methoxy groups -OCH3 is 1. The van der Waals surface area contributed by atoms with E-state index in [2.05, 4.69) is 10.5 Å². The molecule has 5 heteroatoms. The molecule has 2 aromatic rings. The average molecular weight is 289 g/mol. The minimum Gasteiger partial charge on any atom is -0.497 e. The number of ether oxygens (including phenoxy) is 1. The highest BCUT2D eigenvalue weighted by molar-refractivity contribution is 6.33. The van der Waals surface area contributed by atoms with Gasteiger partial charge in [-0.3, -0.25) is 4.79 Å². The van der Waals surface area contributed by atoms with Gasteiger partial charge < -0.3 is 4.74 Å². The van der Waals surface area contributed by atoms with Crippen LogP contribution in [0.25, 0.3) is 0 Å². The van der Waals surface area contributed by atoms with Crippen LogP contribution in [0.2, 0.25) is 5.02 Å². The third-order valence-electron chi connectivity index (χ3n) is 2.60. The Kier molecular flexibility index (Phi) is 4.74. The summed E-state index contributed by atoms with van der Waals surface area (Å²) in [6.07, 6.45) is 1.56. The van der Waals surface area contributed by atoms with Crippen LogP contribution in [0.1, 0.15) is 15.9 Å². The van der Waals surface area contributed by atoms with Crippen LogP contribution in [0.5, 0.6) is 5.75 Å². The Labute approximate surface area is 122 Å². The second-order valence-corrected chi connectivity index (χ2v) is 4.36. The summed E-state index contributed by atoms with van der Waals surface area (Å²) >= 11 is 5.98. The van der Waals surface area contributed by atoms with Crippen LogP contribution in [-0.2, 0) is 0 Å². The Morgan fingerprint density at radius 2 is 2.00 bits per heavy atom. The van der Waals surface area contributed by atoms with Gasteiger partial charge in [0.05, 0.1) is 23.9 Å². The van der Waals surface area contributed by atoms with Crippen LogP contribution in [0, 0.1) is 0 Å². The molecule has 2 rings (SSSR count). The molecule has 0 fully saturated rings. The molecule has 0 saturated carbocycles. The summed E-state index contributed by atoms with van der Waals surface area (Å²) in [5, 5.41) is 4.24. The van der Waals surface area contributed by atoms with Crippen LogP contribution in [-0.4, -0.2) is 19.2 Å². The Bertz CT molecular complexity index is 627. The first-order valence-electron chi connectivity index (χ1n) is 5.92. The van der Waals surface area contributed by atoms with E-state index in [-0.39, 0.29) is 5.91 Å². The van der Waals surface area contributed by atoms with Gasteiger partial charge in [-0.1, -0.05) is 41.9 Å². The number of carbonyl (C=O) groups excluding carboxylic acids is 1. The molecule has 1 amide bonds. The van der Waals surface area contributed by atoms with Gasteiger partial charge in [0.2, 0.25) is 0 Å². The fraction of sp³-hybridized carbons (Fsp3) is 0.0667. The highest BCUT2D eigenvalue weighted by Crippen LogP contribution is 2.21. The van der Waals surface area contributed by atoms with Crippen molar-refractivity contribution in [2.45, 2.75) is 0 Å². The van der Waals surface area contributed by atoms with Crippen molar-refractivity contribution in [1.29, 1.82) is 0 Å². The highest BCUT2D eigenvalue weighted by atomic mass is 35.5. The number of nitrogens with zero attached hydrogens (tertiary/aromatic N) is 1. The molecule has 2 aromatic carbocycles. The van der Waals surface area contributed by atoms with Gasteiger partial charge in [-0.05, 0) is 23.8 Å². The number of benzene rings is 2. The lowest BCUT2D eigenvalue weighted by Crippen LogP contribution is -2.18. The maximum absolute atomic E-state index is 12.0. The van der Waals surface area contributed by atoms with Crippen LogP contribution in [0.3, 0.4) is 0 Å². The number of hydrogen-bond donors (Lipinski definition) is 1. The van der Waals surface area contributed by atoms with Gasteiger partial charge in [-0.15, -0.1) is 0 Å². The average Bonchev–Trinajstić information content (AvgIpc) is 2.48. The molecule has 0 aliphatic carbocycles. The predicted octanol–water partition coefficient (Wildman–Crippen LogP) is 3.11. The molecule has 0 unspecified atom stereocenters. The molecule has 0 saturated heterocycles. The highest BCUT2D eigenvalue weighted by Gasteiger charge is 2.10. The predicted molar refractivity (Wildman–Crippen MR) is 79.5 cm³/mol. The Morgan fingerprint density at radius 1 is 1.25 bits per heavy atom. The summed E-state index contributed by atoms with van der Waals surface area (Å²) in [5.74, 6) is 0.174. The number of halogens is 1. The lowest BCUT2D eigenvalue weighted by atomic mass is 10.2. The zero-order valence-corrected chi connectivity index (χ0v) is 11.6. The number of hydrazone groups is 1. The fourth-order valence-corrected chi connectivity index (χ4v) is 1.77. The number of amides is 1. The monoisotopic (exact) mass is 288 g/mol. The van der Waals surface area contributed by atoms with Gasteiger partial charge in [0.25, 0.3) is 5.91 Å². The second-order valence-electron chi connectivity index (χ2n) is 3.96. The molecule has 102 valence electrons. The Balaban J connectivity index is 2.07. The van der Waals surface area contributed by atoms with Crippen LogP contribution in [0.15, 0.2) is 53.6 Å². The van der Waals surface area contributed by atoms with Crippen LogP contribution in [0.4, 0.5) is 0 Å². The van der Waals surface area contributed by atoms with Crippen molar-refractivity contribution < 1.29 is 9.53 Å². The molecule has 1 N–H and O–H groups in total. The first kappa shape index (κ1) is 14.1. The Hall–Kier alpha value is -2.33. The molecular weight excluding hydrogens is 276 g/mol. The quantitative estimate of drug-likeness (QED) is 0.694. The molecule has 20 heavy (non-hydrogen) atoms. The van der Waals surface area contributed by atoms with E-state index in [9.17, 15) is 4.79 Å². The number of carbonyl (C=O) groups is 1. The van der Waals surface area contributed by atoms with Crippen molar-refractivity contribution in [2.75, 3.05) is 7.11 Å². The molecule has 0 spiro atoms. The lowest BCUT2D eigenvalue weighted by molar-refractivity contribution is 0.0955. The summed E-state index contributed by atoms with van der Waals surface area (Å²) in [7, 11) is 1.53. The van der Waals surface area contributed by atoms with Gasteiger partial charge in [-0.25, -0.2) is 5.43 Å². The minimum absolute atomic E-state index is 0.316. The van der Waals surface area contributed by atoms with Crippen molar-refractivity contribution in [3.05, 3.63) is 64.7 Å². The van der Waals surface area contributed by atoms with E-state index in [1.165, 1.54) is 7.11 Å². The molecule has 0 atom stereocenters. The van der Waals surface area contributed by atoms with Crippen molar-refractivity contribution in [3.63, 3.8) is 0 Å². The zero-order chi connectivity index (χ0) is 14.4. The van der Waals surface area contributed by atoms with Crippen molar-refractivity contribution in [1.82, 2.24) is 5.43 Å². The lowest BCUT2D eigenvalue weighted by Gasteiger charge is -2.05. The van der Waals surface area contributed by atoms with E-state index in [4.69, 9.17) is 16.3 Å². The maximum Gasteiger partial charge on any atom is 0.273 e. The summed E-state index contributed by atoms with van der Waals surface area (Å²) in [6, 6.07) is 14.3. The van der Waals surface area contributed by atoms with E-state index in [1.54, 1.807) is 24.4 Å². The largest absolute Gasteiger partial charge is 0.497 e. The molecule has 0 bridgehead atoms.